The van der Waals surface area contributed by atoms with Crippen LogP contribution in [0.15, 0.2) is 41.2 Å². The molecule has 210 valence electrons. The Balaban J connectivity index is 1.36. The zero-order chi connectivity index (χ0) is 28.3. The van der Waals surface area contributed by atoms with Crippen molar-refractivity contribution in [2.24, 2.45) is 5.73 Å². The normalized spacial score (nSPS) is 17.1. The maximum absolute atomic E-state index is 13.6. The Bertz CT molecular complexity index is 1530. The molecule has 3 aromatic rings. The molecule has 40 heavy (non-hydrogen) atoms. The molecular formula is C28H30N4O8. The quantitative estimate of drug-likeness (QED) is 0.201. The number of nitrogens with zero attached hydrogens (tertiary/aromatic N) is 2. The second-order valence-corrected chi connectivity index (χ2v) is 9.46. The number of pyridine rings is 2. The number of amides is 1. The highest BCUT2D eigenvalue weighted by atomic mass is 16.6. The summed E-state index contributed by atoms with van der Waals surface area (Å²) in [5.74, 6) is -2.19. The highest BCUT2D eigenvalue weighted by Gasteiger charge is 2.50. The first-order valence-electron chi connectivity index (χ1n) is 13.1. The van der Waals surface area contributed by atoms with Crippen LogP contribution in [0.25, 0.3) is 22.3 Å². The van der Waals surface area contributed by atoms with Crippen LogP contribution in [0.2, 0.25) is 0 Å². The Morgan fingerprint density at radius 2 is 1.95 bits per heavy atom. The molecule has 0 fully saturated rings. The Hall–Kier alpha value is -4.13. The lowest BCUT2D eigenvalue weighted by Crippen LogP contribution is -2.48. The van der Waals surface area contributed by atoms with Gasteiger partial charge in [-0.15, -0.1) is 0 Å². The summed E-state index contributed by atoms with van der Waals surface area (Å²) in [4.78, 5) is 56.4. The fourth-order valence-electron chi connectivity index (χ4n) is 5.00. The highest BCUT2D eigenvalue weighted by molar-refractivity contribution is 5.89. The molecule has 0 unspecified atom stereocenters. The van der Waals surface area contributed by atoms with Crippen LogP contribution < -0.4 is 16.6 Å². The van der Waals surface area contributed by atoms with Crippen molar-refractivity contribution < 1.29 is 33.3 Å². The van der Waals surface area contributed by atoms with Gasteiger partial charge < -0.3 is 34.6 Å². The molecule has 1 atom stereocenters. The zero-order valence-electron chi connectivity index (χ0n) is 22.1. The van der Waals surface area contributed by atoms with Crippen LogP contribution in [-0.2, 0) is 52.1 Å². The third kappa shape index (κ3) is 5.08. The van der Waals surface area contributed by atoms with Crippen LogP contribution in [0.5, 0.6) is 0 Å². The number of nitrogens with two attached hydrogens (primary N) is 1. The fourth-order valence-corrected chi connectivity index (χ4v) is 5.00. The molecule has 5 rings (SSSR count). The standard InChI is InChI=1S/C28H30N4O8/c1-2-28(40-24(34)13-30-23(33)16-38-10-9-37-8-7-29)20-12-22-25-18(11-17-5-3-4-6-21(17)31-25)14-32(22)26(35)19(20)15-39-27(28)36/h3-6,11-12H,2,7-10,13-16,29H2,1H3,(H,30,33)/t28-/m0/s1. The summed E-state index contributed by atoms with van der Waals surface area (Å²) in [6.45, 7) is 2.22. The Labute approximate surface area is 229 Å². The molecule has 0 aliphatic carbocycles. The van der Waals surface area contributed by atoms with E-state index in [1.54, 1.807) is 17.6 Å². The highest BCUT2D eigenvalue weighted by Crippen LogP contribution is 2.40. The molecule has 0 bridgehead atoms. The van der Waals surface area contributed by atoms with Crippen molar-refractivity contribution in [3.63, 3.8) is 0 Å². The molecule has 12 nitrogen and oxygen atoms in total. The number of benzene rings is 1. The second kappa shape index (κ2) is 11.5. The van der Waals surface area contributed by atoms with Gasteiger partial charge in [0.2, 0.25) is 11.5 Å². The number of esters is 2. The lowest BCUT2D eigenvalue weighted by molar-refractivity contribution is -0.189. The first-order valence-corrected chi connectivity index (χ1v) is 13.1. The van der Waals surface area contributed by atoms with E-state index in [9.17, 15) is 19.2 Å². The van der Waals surface area contributed by atoms with Crippen LogP contribution >= 0.6 is 0 Å². The number of rotatable bonds is 11. The van der Waals surface area contributed by atoms with Gasteiger partial charge >= 0.3 is 11.9 Å². The number of fused-ring (bicyclic) bond motifs is 5. The lowest BCUT2D eigenvalue weighted by atomic mass is 9.85. The Morgan fingerprint density at radius 3 is 2.75 bits per heavy atom. The van der Waals surface area contributed by atoms with Crippen molar-refractivity contribution in [1.82, 2.24) is 14.9 Å². The number of para-hydroxylation sites is 1. The van der Waals surface area contributed by atoms with E-state index in [0.29, 0.717) is 31.1 Å². The number of carbonyl (C=O) groups is 3. The fraction of sp³-hybridized carbons (Fsp3) is 0.393. The van der Waals surface area contributed by atoms with Gasteiger partial charge in [0.1, 0.15) is 19.8 Å². The SMILES string of the molecule is CC[C@@]1(OC(=O)CNC(=O)COCCOCCN)C(=O)OCc2c1cc1n(c2=O)Cc2cc3ccccc3nc2-1. The van der Waals surface area contributed by atoms with Crippen LogP contribution in [-0.4, -0.2) is 66.9 Å². The van der Waals surface area contributed by atoms with Crippen LogP contribution in [0.1, 0.15) is 30.0 Å². The molecule has 12 heteroatoms. The largest absolute Gasteiger partial charge is 0.457 e. The summed E-state index contributed by atoms with van der Waals surface area (Å²) in [5, 5.41) is 3.36. The Morgan fingerprint density at radius 1 is 1.15 bits per heavy atom. The van der Waals surface area contributed by atoms with Crippen LogP contribution in [0, 0.1) is 0 Å². The van der Waals surface area contributed by atoms with Gasteiger partial charge in [0.25, 0.3) is 5.56 Å². The molecular weight excluding hydrogens is 520 g/mol. The van der Waals surface area contributed by atoms with E-state index in [0.717, 1.165) is 16.5 Å². The van der Waals surface area contributed by atoms with Gasteiger partial charge in [-0.2, -0.15) is 0 Å². The Kier molecular flexibility index (Phi) is 7.92. The molecule has 0 saturated heterocycles. The number of carbonyl (C=O) groups excluding carboxylic acids is 3. The molecule has 3 N–H and O–H groups in total. The molecule has 0 spiro atoms. The van der Waals surface area contributed by atoms with E-state index in [1.165, 1.54) is 0 Å². The van der Waals surface area contributed by atoms with Crippen molar-refractivity contribution in [2.45, 2.75) is 32.1 Å². The number of hydrogen-bond acceptors (Lipinski definition) is 10. The summed E-state index contributed by atoms with van der Waals surface area (Å²) in [6, 6.07) is 11.3. The van der Waals surface area contributed by atoms with E-state index in [4.69, 9.17) is 29.7 Å². The van der Waals surface area contributed by atoms with E-state index in [-0.39, 0.29) is 49.5 Å². The van der Waals surface area contributed by atoms with E-state index < -0.39 is 30.0 Å². The predicted molar refractivity (Wildman–Crippen MR) is 142 cm³/mol. The first-order chi connectivity index (χ1) is 19.4. The molecule has 1 aromatic carbocycles. The molecule has 0 saturated carbocycles. The van der Waals surface area contributed by atoms with E-state index in [1.807, 2.05) is 30.3 Å². The topological polar surface area (TPSA) is 161 Å². The average molecular weight is 551 g/mol. The van der Waals surface area contributed by atoms with Gasteiger partial charge in [0.05, 0.1) is 48.8 Å². The smallest absolute Gasteiger partial charge is 0.355 e. The third-order valence-corrected chi connectivity index (χ3v) is 6.97. The van der Waals surface area contributed by atoms with Crippen LogP contribution in [0.4, 0.5) is 0 Å². The van der Waals surface area contributed by atoms with Gasteiger partial charge in [-0.3, -0.25) is 14.4 Å². The molecule has 1 amide bonds. The minimum Gasteiger partial charge on any atom is -0.457 e. The van der Waals surface area contributed by atoms with Gasteiger partial charge in [0, 0.05) is 23.1 Å². The van der Waals surface area contributed by atoms with Crippen molar-refractivity contribution in [1.29, 1.82) is 0 Å². The van der Waals surface area contributed by atoms with Gasteiger partial charge in [-0.1, -0.05) is 25.1 Å². The van der Waals surface area contributed by atoms with Crippen LogP contribution in [0.3, 0.4) is 0 Å². The number of ether oxygens (including phenoxy) is 4. The first kappa shape index (κ1) is 27.4. The monoisotopic (exact) mass is 550 g/mol. The maximum atomic E-state index is 13.6. The number of nitrogens with one attached hydrogen (secondary N) is 1. The number of cyclic esters (lactones) is 1. The van der Waals surface area contributed by atoms with Gasteiger partial charge in [0.15, 0.2) is 0 Å². The zero-order valence-corrected chi connectivity index (χ0v) is 22.1. The summed E-state index contributed by atoms with van der Waals surface area (Å²) in [7, 11) is 0. The summed E-state index contributed by atoms with van der Waals surface area (Å²) < 4.78 is 23.0. The van der Waals surface area contributed by atoms with Crippen molar-refractivity contribution in [3.8, 4) is 11.4 Å². The number of aromatic nitrogens is 2. The molecule has 2 aliphatic rings. The van der Waals surface area contributed by atoms with Gasteiger partial charge in [-0.25, -0.2) is 9.78 Å². The summed E-state index contributed by atoms with van der Waals surface area (Å²) >= 11 is 0. The van der Waals surface area contributed by atoms with Crippen molar-refractivity contribution in [2.75, 3.05) is 39.5 Å². The molecule has 4 heterocycles. The summed E-state index contributed by atoms with van der Waals surface area (Å²) in [6.07, 6.45) is 0.0192. The second-order valence-electron chi connectivity index (χ2n) is 9.46. The maximum Gasteiger partial charge on any atom is 0.355 e. The predicted octanol–water partition coefficient (Wildman–Crippen LogP) is 0.739. The van der Waals surface area contributed by atoms with E-state index in [2.05, 4.69) is 5.32 Å². The third-order valence-electron chi connectivity index (χ3n) is 6.97. The summed E-state index contributed by atoms with van der Waals surface area (Å²) in [5.41, 5.74) is 6.47. The minimum atomic E-state index is -1.85. The molecule has 2 aliphatic heterocycles. The molecule has 2 aromatic heterocycles. The van der Waals surface area contributed by atoms with Gasteiger partial charge in [-0.05, 0) is 24.6 Å². The lowest BCUT2D eigenvalue weighted by Gasteiger charge is -2.35. The molecule has 0 radical (unpaired) electrons. The average Bonchev–Trinajstić information content (AvgIpc) is 3.32. The van der Waals surface area contributed by atoms with E-state index >= 15 is 0 Å². The minimum absolute atomic E-state index is 0.0192. The number of hydrogen-bond donors (Lipinski definition) is 2. The van der Waals surface area contributed by atoms with Crippen molar-refractivity contribution in [3.05, 3.63) is 63.4 Å². The van der Waals surface area contributed by atoms with Crippen molar-refractivity contribution >= 4 is 28.7 Å².